The number of tetrazole rings is 1. The molecule has 20 heavy (non-hydrogen) atoms. The molecule has 5 nitrogen and oxygen atoms in total. The van der Waals surface area contributed by atoms with Gasteiger partial charge < -0.3 is 5.73 Å². The number of anilines is 1. The molecule has 1 fully saturated rings. The van der Waals surface area contributed by atoms with Crippen LogP contribution < -0.4 is 5.73 Å². The van der Waals surface area contributed by atoms with Crippen LogP contribution in [0.25, 0.3) is 11.4 Å². The number of hydrogen-bond donors (Lipinski definition) is 1. The molecule has 0 spiro atoms. The lowest BCUT2D eigenvalue weighted by Crippen LogP contribution is -2.12. The molecule has 0 radical (unpaired) electrons. The Morgan fingerprint density at radius 1 is 1.35 bits per heavy atom. The normalized spacial score (nSPS) is 21.2. The Hall–Kier alpha value is -1.91. The van der Waals surface area contributed by atoms with E-state index >= 15 is 0 Å². The summed E-state index contributed by atoms with van der Waals surface area (Å²) in [6.07, 6.45) is 3.48. The Labute approximate surface area is 119 Å². The van der Waals surface area contributed by atoms with Crippen LogP contribution in [0.1, 0.15) is 44.7 Å². The fraction of sp³-hybridized carbons (Fsp3) is 0.533. The highest BCUT2D eigenvalue weighted by Gasteiger charge is 2.34. The van der Waals surface area contributed by atoms with Crippen molar-refractivity contribution in [2.75, 3.05) is 5.73 Å². The lowest BCUT2D eigenvalue weighted by atomic mass is 9.92. The zero-order valence-electron chi connectivity index (χ0n) is 12.3. The number of nitrogens with two attached hydrogens (primary N) is 1. The van der Waals surface area contributed by atoms with Gasteiger partial charge in [-0.25, -0.2) is 4.68 Å². The van der Waals surface area contributed by atoms with E-state index in [-0.39, 0.29) is 0 Å². The second kappa shape index (κ2) is 4.58. The van der Waals surface area contributed by atoms with Gasteiger partial charge in [0.2, 0.25) is 0 Å². The van der Waals surface area contributed by atoms with Crippen LogP contribution in [-0.4, -0.2) is 20.2 Å². The Bertz CT molecular complexity index is 629. The average Bonchev–Trinajstić information content (AvgIpc) is 2.95. The van der Waals surface area contributed by atoms with Crippen molar-refractivity contribution in [1.29, 1.82) is 0 Å². The topological polar surface area (TPSA) is 69.6 Å². The summed E-state index contributed by atoms with van der Waals surface area (Å²) in [5.74, 6) is 0.852. The summed E-state index contributed by atoms with van der Waals surface area (Å²) in [5.41, 5.74) is 9.14. The summed E-state index contributed by atoms with van der Waals surface area (Å²) < 4.78 is 1.99. The molecule has 1 aliphatic rings. The van der Waals surface area contributed by atoms with Crippen molar-refractivity contribution >= 4 is 5.69 Å². The first-order valence-electron chi connectivity index (χ1n) is 7.11. The van der Waals surface area contributed by atoms with Crippen LogP contribution in [0, 0.1) is 12.3 Å². The molecule has 1 atom stereocenters. The monoisotopic (exact) mass is 271 g/mol. The van der Waals surface area contributed by atoms with Gasteiger partial charge in [-0.05, 0) is 65.8 Å². The van der Waals surface area contributed by atoms with E-state index in [9.17, 15) is 0 Å². The molecule has 0 amide bonds. The lowest BCUT2D eigenvalue weighted by molar-refractivity contribution is 0.349. The van der Waals surface area contributed by atoms with Crippen molar-refractivity contribution in [1.82, 2.24) is 20.2 Å². The van der Waals surface area contributed by atoms with E-state index < -0.39 is 0 Å². The molecule has 0 saturated heterocycles. The second-order valence-electron chi connectivity index (χ2n) is 6.58. The minimum atomic E-state index is 0.379. The highest BCUT2D eigenvalue weighted by atomic mass is 15.5. The Morgan fingerprint density at radius 3 is 2.80 bits per heavy atom. The van der Waals surface area contributed by atoms with Crippen LogP contribution in [0.2, 0.25) is 0 Å². The molecular formula is C15H21N5. The number of rotatable bonds is 2. The Morgan fingerprint density at radius 2 is 2.15 bits per heavy atom. The molecule has 5 heteroatoms. The molecule has 106 valence electrons. The zero-order chi connectivity index (χ0) is 14.3. The fourth-order valence-electron chi connectivity index (χ4n) is 3.16. The molecule has 3 rings (SSSR count). The van der Waals surface area contributed by atoms with E-state index in [2.05, 4.69) is 29.4 Å². The van der Waals surface area contributed by atoms with Crippen LogP contribution in [0.3, 0.4) is 0 Å². The third-order valence-electron chi connectivity index (χ3n) is 4.27. The van der Waals surface area contributed by atoms with Crippen molar-refractivity contribution in [3.63, 3.8) is 0 Å². The molecule has 1 heterocycles. The van der Waals surface area contributed by atoms with Gasteiger partial charge in [-0.1, -0.05) is 13.8 Å². The van der Waals surface area contributed by atoms with Crippen LogP contribution in [0.5, 0.6) is 0 Å². The summed E-state index contributed by atoms with van der Waals surface area (Å²) >= 11 is 0. The molecule has 2 aromatic rings. The predicted octanol–water partition coefficient (Wildman–Crippen LogP) is 2.98. The van der Waals surface area contributed by atoms with E-state index in [0.717, 1.165) is 35.5 Å². The van der Waals surface area contributed by atoms with Gasteiger partial charge >= 0.3 is 0 Å². The molecule has 1 aromatic heterocycles. The highest BCUT2D eigenvalue weighted by molar-refractivity contribution is 5.63. The molecular weight excluding hydrogens is 250 g/mol. The Kier molecular flexibility index (Phi) is 3.00. The average molecular weight is 271 g/mol. The van der Waals surface area contributed by atoms with E-state index in [0.29, 0.717) is 11.5 Å². The first-order chi connectivity index (χ1) is 9.46. The number of hydrogen-bond acceptors (Lipinski definition) is 4. The largest absolute Gasteiger partial charge is 0.399 e. The molecule has 1 aliphatic carbocycles. The summed E-state index contributed by atoms with van der Waals surface area (Å²) in [6, 6.07) is 6.27. The minimum absolute atomic E-state index is 0.379. The summed E-state index contributed by atoms with van der Waals surface area (Å²) in [5, 5.41) is 12.3. The molecule has 1 aromatic carbocycles. The van der Waals surface area contributed by atoms with Gasteiger partial charge in [0.1, 0.15) is 0 Å². The molecule has 0 aliphatic heterocycles. The van der Waals surface area contributed by atoms with Crippen LogP contribution in [-0.2, 0) is 0 Å². The lowest BCUT2D eigenvalue weighted by Gasteiger charge is -2.18. The van der Waals surface area contributed by atoms with Crippen molar-refractivity contribution in [3.8, 4) is 11.4 Å². The maximum Gasteiger partial charge on any atom is 0.182 e. The van der Waals surface area contributed by atoms with Gasteiger partial charge in [0, 0.05) is 11.3 Å². The number of nitrogen functional groups attached to an aromatic ring is 1. The van der Waals surface area contributed by atoms with Crippen LogP contribution >= 0.6 is 0 Å². The zero-order valence-corrected chi connectivity index (χ0v) is 12.3. The molecule has 2 N–H and O–H groups in total. The fourth-order valence-corrected chi connectivity index (χ4v) is 3.16. The van der Waals surface area contributed by atoms with E-state index in [1.807, 2.05) is 29.8 Å². The predicted molar refractivity (Wildman–Crippen MR) is 79.1 cm³/mol. The second-order valence-corrected chi connectivity index (χ2v) is 6.58. The van der Waals surface area contributed by atoms with Crippen molar-refractivity contribution in [2.24, 2.45) is 5.41 Å². The maximum absolute atomic E-state index is 5.82. The summed E-state index contributed by atoms with van der Waals surface area (Å²) in [4.78, 5) is 0. The molecule has 1 unspecified atom stereocenters. The van der Waals surface area contributed by atoms with Gasteiger partial charge in [0.15, 0.2) is 5.82 Å². The smallest absolute Gasteiger partial charge is 0.182 e. The van der Waals surface area contributed by atoms with Gasteiger partial charge in [-0.15, -0.1) is 5.10 Å². The third-order valence-corrected chi connectivity index (χ3v) is 4.27. The number of aryl methyl sites for hydroxylation is 1. The van der Waals surface area contributed by atoms with Crippen molar-refractivity contribution < 1.29 is 0 Å². The van der Waals surface area contributed by atoms with Gasteiger partial charge in [0.05, 0.1) is 6.04 Å². The SMILES string of the molecule is Cc1cc(N)ccc1-c1nnnn1C1CCC(C)(C)C1. The minimum Gasteiger partial charge on any atom is -0.399 e. The Balaban J connectivity index is 1.98. The van der Waals surface area contributed by atoms with E-state index in [4.69, 9.17) is 5.73 Å². The first-order valence-corrected chi connectivity index (χ1v) is 7.11. The molecule has 0 bridgehead atoms. The number of nitrogens with zero attached hydrogens (tertiary/aromatic N) is 4. The van der Waals surface area contributed by atoms with E-state index in [1.54, 1.807) is 0 Å². The summed E-state index contributed by atoms with van der Waals surface area (Å²) in [6.45, 7) is 6.67. The van der Waals surface area contributed by atoms with Crippen molar-refractivity contribution in [3.05, 3.63) is 23.8 Å². The highest BCUT2D eigenvalue weighted by Crippen LogP contribution is 2.44. The summed E-state index contributed by atoms with van der Waals surface area (Å²) in [7, 11) is 0. The quantitative estimate of drug-likeness (QED) is 0.852. The maximum atomic E-state index is 5.82. The third kappa shape index (κ3) is 2.28. The van der Waals surface area contributed by atoms with Gasteiger partial charge in [-0.3, -0.25) is 0 Å². The molecule has 1 saturated carbocycles. The van der Waals surface area contributed by atoms with Crippen LogP contribution in [0.4, 0.5) is 5.69 Å². The number of aromatic nitrogens is 4. The van der Waals surface area contributed by atoms with Crippen LogP contribution in [0.15, 0.2) is 18.2 Å². The van der Waals surface area contributed by atoms with Gasteiger partial charge in [-0.2, -0.15) is 0 Å². The van der Waals surface area contributed by atoms with Crippen molar-refractivity contribution in [2.45, 2.75) is 46.1 Å². The standard InChI is InChI=1S/C15H21N5/c1-10-8-11(16)4-5-13(10)14-17-18-19-20(14)12-6-7-15(2,3)9-12/h4-5,8,12H,6-7,9,16H2,1-3H3. The number of benzene rings is 1. The van der Waals surface area contributed by atoms with Gasteiger partial charge in [0.25, 0.3) is 0 Å². The first kappa shape index (κ1) is 13.1. The van der Waals surface area contributed by atoms with E-state index in [1.165, 1.54) is 6.42 Å².